The number of carbonyl (C=O) groups is 4. The molecular formula is C21H22N2O5. The van der Waals surface area contributed by atoms with Gasteiger partial charge in [-0.25, -0.2) is 4.79 Å². The number of nitrogens with one attached hydrogen (secondary N) is 2. The van der Waals surface area contributed by atoms with Gasteiger partial charge in [0.1, 0.15) is 6.04 Å². The summed E-state index contributed by atoms with van der Waals surface area (Å²) in [5, 5.41) is 5.13. The molecule has 0 aliphatic carbocycles. The first-order chi connectivity index (χ1) is 13.3. The zero-order valence-corrected chi connectivity index (χ0v) is 15.9. The van der Waals surface area contributed by atoms with Crippen molar-refractivity contribution in [3.63, 3.8) is 0 Å². The molecule has 0 spiro atoms. The van der Waals surface area contributed by atoms with Crippen LogP contribution >= 0.6 is 0 Å². The first-order valence-electron chi connectivity index (χ1n) is 8.76. The van der Waals surface area contributed by atoms with Gasteiger partial charge in [-0.1, -0.05) is 18.2 Å². The lowest BCUT2D eigenvalue weighted by molar-refractivity contribution is -0.154. The average Bonchev–Trinajstić information content (AvgIpc) is 2.68. The number of hydrogen-bond acceptors (Lipinski definition) is 5. The summed E-state index contributed by atoms with van der Waals surface area (Å²) in [7, 11) is 0. The third-order valence-electron chi connectivity index (χ3n) is 3.96. The highest BCUT2D eigenvalue weighted by Crippen LogP contribution is 2.11. The Hall–Kier alpha value is -3.48. The fourth-order valence-corrected chi connectivity index (χ4v) is 2.29. The standard InChI is InChI=1S/C21H22N2O5/c1-13(22-20(26)17-7-5-4-6-8-17)21(27)28-15(3)19(25)23-18-11-9-16(10-12-18)14(2)24/h4-13,15H,1-3H3,(H,22,26)(H,23,25). The number of hydrogen-bond donors (Lipinski definition) is 2. The number of ketones is 1. The van der Waals surface area contributed by atoms with Crippen molar-refractivity contribution in [2.24, 2.45) is 0 Å². The van der Waals surface area contributed by atoms with Gasteiger partial charge in [0, 0.05) is 16.8 Å². The molecule has 0 saturated carbocycles. The lowest BCUT2D eigenvalue weighted by atomic mass is 10.1. The Labute approximate surface area is 163 Å². The van der Waals surface area contributed by atoms with Crippen LogP contribution in [0.5, 0.6) is 0 Å². The summed E-state index contributed by atoms with van der Waals surface area (Å²) < 4.78 is 5.13. The summed E-state index contributed by atoms with van der Waals surface area (Å²) in [6.07, 6.45) is -1.06. The van der Waals surface area contributed by atoms with Gasteiger partial charge in [-0.2, -0.15) is 0 Å². The monoisotopic (exact) mass is 382 g/mol. The molecule has 2 unspecified atom stereocenters. The van der Waals surface area contributed by atoms with E-state index >= 15 is 0 Å². The van der Waals surface area contributed by atoms with Gasteiger partial charge in [0.2, 0.25) is 0 Å². The highest BCUT2D eigenvalue weighted by molar-refractivity contribution is 5.98. The molecule has 0 saturated heterocycles. The molecule has 0 fully saturated rings. The van der Waals surface area contributed by atoms with Crippen LogP contribution in [0.25, 0.3) is 0 Å². The van der Waals surface area contributed by atoms with Gasteiger partial charge in [0.25, 0.3) is 11.8 Å². The van der Waals surface area contributed by atoms with Crippen molar-refractivity contribution in [2.45, 2.75) is 32.9 Å². The van der Waals surface area contributed by atoms with Gasteiger partial charge in [-0.05, 0) is 57.2 Å². The van der Waals surface area contributed by atoms with Crippen LogP contribution in [0.3, 0.4) is 0 Å². The first-order valence-corrected chi connectivity index (χ1v) is 8.76. The SMILES string of the molecule is CC(=O)c1ccc(NC(=O)C(C)OC(=O)C(C)NC(=O)c2ccccc2)cc1. The number of Topliss-reactive ketones (excluding diaryl/α,β-unsaturated/α-hetero) is 1. The van der Waals surface area contributed by atoms with Gasteiger partial charge in [-0.3, -0.25) is 14.4 Å². The van der Waals surface area contributed by atoms with Crippen molar-refractivity contribution in [2.75, 3.05) is 5.32 Å². The summed E-state index contributed by atoms with van der Waals surface area (Å²) in [6, 6.07) is 13.9. The molecule has 2 aromatic rings. The zero-order chi connectivity index (χ0) is 20.7. The molecule has 0 aliphatic rings. The lowest BCUT2D eigenvalue weighted by Crippen LogP contribution is -2.42. The number of rotatable bonds is 7. The van der Waals surface area contributed by atoms with Crippen LogP contribution in [0.2, 0.25) is 0 Å². The predicted octanol–water partition coefficient (Wildman–Crippen LogP) is 2.58. The second-order valence-corrected chi connectivity index (χ2v) is 6.26. The third-order valence-corrected chi connectivity index (χ3v) is 3.96. The summed E-state index contributed by atoms with van der Waals surface area (Å²) in [5.41, 5.74) is 1.42. The molecule has 0 radical (unpaired) electrons. The first kappa shape index (κ1) is 20.8. The van der Waals surface area contributed by atoms with Crippen LogP contribution in [0.4, 0.5) is 5.69 Å². The van der Waals surface area contributed by atoms with Crippen LogP contribution in [0.1, 0.15) is 41.5 Å². The Kier molecular flexibility index (Phi) is 7.03. The van der Waals surface area contributed by atoms with Crippen molar-refractivity contribution >= 4 is 29.3 Å². The Morgan fingerprint density at radius 1 is 0.857 bits per heavy atom. The summed E-state index contributed by atoms with van der Waals surface area (Å²) in [4.78, 5) is 47.7. The Morgan fingerprint density at radius 3 is 2.04 bits per heavy atom. The summed E-state index contributed by atoms with van der Waals surface area (Å²) in [6.45, 7) is 4.37. The molecule has 0 aliphatic heterocycles. The molecule has 2 aromatic carbocycles. The van der Waals surface area contributed by atoms with Gasteiger partial charge in [-0.15, -0.1) is 0 Å². The topological polar surface area (TPSA) is 102 Å². The Morgan fingerprint density at radius 2 is 1.46 bits per heavy atom. The molecule has 7 heteroatoms. The van der Waals surface area contributed by atoms with Crippen molar-refractivity contribution in [1.29, 1.82) is 0 Å². The van der Waals surface area contributed by atoms with E-state index in [0.717, 1.165) is 0 Å². The molecule has 2 amide bonds. The summed E-state index contributed by atoms with van der Waals surface area (Å²) in [5.74, 6) is -1.73. The molecular weight excluding hydrogens is 360 g/mol. The van der Waals surface area contributed by atoms with E-state index in [9.17, 15) is 19.2 Å². The van der Waals surface area contributed by atoms with Gasteiger partial charge < -0.3 is 15.4 Å². The van der Waals surface area contributed by atoms with Crippen LogP contribution in [-0.4, -0.2) is 35.7 Å². The molecule has 2 N–H and O–H groups in total. The molecule has 0 bridgehead atoms. The van der Waals surface area contributed by atoms with Gasteiger partial charge in [0.05, 0.1) is 0 Å². The predicted molar refractivity (Wildman–Crippen MR) is 104 cm³/mol. The van der Waals surface area contributed by atoms with E-state index in [1.165, 1.54) is 20.8 Å². The van der Waals surface area contributed by atoms with E-state index in [1.807, 2.05) is 0 Å². The fraction of sp³-hybridized carbons (Fsp3) is 0.238. The molecule has 0 heterocycles. The maximum atomic E-state index is 12.2. The van der Waals surface area contributed by atoms with Crippen molar-refractivity contribution in [3.05, 3.63) is 65.7 Å². The highest BCUT2D eigenvalue weighted by atomic mass is 16.5. The Bertz CT molecular complexity index is 862. The number of carbonyl (C=O) groups excluding carboxylic acids is 4. The normalized spacial score (nSPS) is 12.4. The van der Waals surface area contributed by atoms with Crippen molar-refractivity contribution in [1.82, 2.24) is 5.32 Å². The smallest absolute Gasteiger partial charge is 0.329 e. The average molecular weight is 382 g/mol. The van der Waals surface area contributed by atoms with Crippen LogP contribution < -0.4 is 10.6 Å². The van der Waals surface area contributed by atoms with E-state index in [4.69, 9.17) is 4.74 Å². The number of esters is 1. The number of amides is 2. The third kappa shape index (κ3) is 5.77. The van der Waals surface area contributed by atoms with Crippen molar-refractivity contribution < 1.29 is 23.9 Å². The molecule has 2 atom stereocenters. The Balaban J connectivity index is 1.87. The van der Waals surface area contributed by atoms with E-state index in [-0.39, 0.29) is 5.78 Å². The maximum absolute atomic E-state index is 12.2. The quantitative estimate of drug-likeness (QED) is 0.566. The largest absolute Gasteiger partial charge is 0.451 e. The molecule has 146 valence electrons. The number of ether oxygens (including phenoxy) is 1. The van der Waals surface area contributed by atoms with Crippen molar-refractivity contribution in [3.8, 4) is 0 Å². The molecule has 28 heavy (non-hydrogen) atoms. The minimum Gasteiger partial charge on any atom is -0.451 e. The minimum atomic E-state index is -1.06. The zero-order valence-electron chi connectivity index (χ0n) is 15.9. The lowest BCUT2D eigenvalue weighted by Gasteiger charge is -2.17. The van der Waals surface area contributed by atoms with E-state index in [2.05, 4.69) is 10.6 Å². The van der Waals surface area contributed by atoms with Gasteiger partial charge in [0.15, 0.2) is 11.9 Å². The second-order valence-electron chi connectivity index (χ2n) is 6.26. The van der Waals surface area contributed by atoms with Crippen LogP contribution in [0.15, 0.2) is 54.6 Å². The van der Waals surface area contributed by atoms with Gasteiger partial charge >= 0.3 is 5.97 Å². The van der Waals surface area contributed by atoms with Crippen LogP contribution in [0, 0.1) is 0 Å². The fourth-order valence-electron chi connectivity index (χ4n) is 2.29. The minimum absolute atomic E-state index is 0.0771. The van der Waals surface area contributed by atoms with E-state index < -0.39 is 29.9 Å². The molecule has 0 aromatic heterocycles. The second kappa shape index (κ2) is 9.45. The number of benzene rings is 2. The highest BCUT2D eigenvalue weighted by Gasteiger charge is 2.23. The number of anilines is 1. The molecule has 7 nitrogen and oxygen atoms in total. The summed E-state index contributed by atoms with van der Waals surface area (Å²) >= 11 is 0. The van der Waals surface area contributed by atoms with E-state index in [0.29, 0.717) is 16.8 Å². The van der Waals surface area contributed by atoms with Crippen LogP contribution in [-0.2, 0) is 14.3 Å². The molecule has 2 rings (SSSR count). The maximum Gasteiger partial charge on any atom is 0.329 e. The van der Waals surface area contributed by atoms with E-state index in [1.54, 1.807) is 54.6 Å².